The Hall–Kier alpha value is -1.10. The van der Waals surface area contributed by atoms with Crippen LogP contribution in [0, 0.1) is 11.8 Å². The van der Waals surface area contributed by atoms with Crippen LogP contribution in [0.4, 0.5) is 0 Å². The smallest absolute Gasteiger partial charge is 0.310 e. The van der Waals surface area contributed by atoms with Crippen LogP contribution in [0.15, 0.2) is 0 Å². The van der Waals surface area contributed by atoms with Crippen LogP contribution in [0.2, 0.25) is 0 Å². The summed E-state index contributed by atoms with van der Waals surface area (Å²) < 4.78 is 10.6. The third kappa shape index (κ3) is 7.65. The highest BCUT2D eigenvalue weighted by Gasteiger charge is 2.40. The lowest BCUT2D eigenvalue weighted by Crippen LogP contribution is -2.48. The van der Waals surface area contributed by atoms with Crippen LogP contribution >= 0.6 is 0 Å². The molecule has 2 atom stereocenters. The van der Waals surface area contributed by atoms with Crippen LogP contribution in [-0.2, 0) is 19.1 Å². The molecule has 0 aromatic heterocycles. The molecule has 0 radical (unpaired) electrons. The normalized spacial score (nSPS) is 15.0. The van der Waals surface area contributed by atoms with E-state index in [0.717, 1.165) is 38.5 Å². The average Bonchev–Trinajstić information content (AvgIpc) is 2.53. The first kappa shape index (κ1) is 22.9. The van der Waals surface area contributed by atoms with Crippen molar-refractivity contribution in [3.63, 3.8) is 0 Å². The van der Waals surface area contributed by atoms with Crippen molar-refractivity contribution in [2.24, 2.45) is 11.8 Å². The second kappa shape index (κ2) is 13.2. The highest BCUT2D eigenvalue weighted by Crippen LogP contribution is 2.29. The van der Waals surface area contributed by atoms with Gasteiger partial charge in [-0.15, -0.1) is 0 Å². The van der Waals surface area contributed by atoms with Gasteiger partial charge in [-0.25, -0.2) is 0 Å². The van der Waals surface area contributed by atoms with Crippen molar-refractivity contribution >= 4 is 11.9 Å². The van der Waals surface area contributed by atoms with Crippen molar-refractivity contribution in [2.75, 3.05) is 27.3 Å². The van der Waals surface area contributed by atoms with Gasteiger partial charge in [-0.2, -0.15) is 0 Å². The second-order valence-corrected chi connectivity index (χ2v) is 6.46. The van der Waals surface area contributed by atoms with Gasteiger partial charge in [0, 0.05) is 6.04 Å². The maximum absolute atomic E-state index is 12.6. The number of hydrogen-bond acceptors (Lipinski definition) is 5. The minimum absolute atomic E-state index is 0.193. The zero-order valence-electron chi connectivity index (χ0n) is 16.5. The molecular formula is C19H37NO4. The van der Waals surface area contributed by atoms with Crippen LogP contribution in [0.3, 0.4) is 0 Å². The first-order chi connectivity index (χ1) is 11.4. The largest absolute Gasteiger partial charge is 0.466 e. The Kier molecular flexibility index (Phi) is 12.6. The topological polar surface area (TPSA) is 55.8 Å². The zero-order chi connectivity index (χ0) is 18.5. The molecule has 24 heavy (non-hydrogen) atoms. The van der Waals surface area contributed by atoms with Crippen LogP contribution in [-0.4, -0.2) is 50.2 Å². The van der Waals surface area contributed by atoms with E-state index in [4.69, 9.17) is 9.47 Å². The van der Waals surface area contributed by atoms with Crippen LogP contribution < -0.4 is 0 Å². The van der Waals surface area contributed by atoms with Gasteiger partial charge < -0.3 is 14.4 Å². The number of rotatable bonds is 13. The van der Waals surface area contributed by atoms with E-state index >= 15 is 0 Å². The number of esters is 2. The van der Waals surface area contributed by atoms with Crippen molar-refractivity contribution < 1.29 is 19.1 Å². The summed E-state index contributed by atoms with van der Waals surface area (Å²) in [4.78, 5) is 27.1. The van der Waals surface area contributed by atoms with Gasteiger partial charge in [-0.1, -0.05) is 39.5 Å². The number of nitrogens with zero attached hydrogens (tertiary/aromatic N) is 1. The molecule has 142 valence electrons. The molecule has 5 heteroatoms. The van der Waals surface area contributed by atoms with E-state index in [-0.39, 0.29) is 29.8 Å². The molecule has 0 fully saturated rings. The van der Waals surface area contributed by atoms with E-state index < -0.39 is 0 Å². The van der Waals surface area contributed by atoms with E-state index in [2.05, 4.69) is 13.8 Å². The number of hydrogen-bond donors (Lipinski definition) is 0. The Morgan fingerprint density at radius 2 is 1.17 bits per heavy atom. The minimum Gasteiger partial charge on any atom is -0.466 e. The fourth-order valence-corrected chi connectivity index (χ4v) is 3.20. The average molecular weight is 344 g/mol. The molecule has 0 aliphatic rings. The summed E-state index contributed by atoms with van der Waals surface area (Å²) in [6, 6.07) is -0.193. The molecule has 0 rings (SSSR count). The molecule has 2 unspecified atom stereocenters. The standard InChI is InChI=1S/C19H37NO4/c1-7-11-13-15(18(21)23-9-3)17(20(5)6)16(14-12-8-2)19(22)24-10-4/h15-17H,7-14H2,1-6H3. The molecule has 0 N–H and O–H groups in total. The lowest BCUT2D eigenvalue weighted by atomic mass is 9.81. The Morgan fingerprint density at radius 3 is 1.42 bits per heavy atom. The van der Waals surface area contributed by atoms with Crippen LogP contribution in [0.1, 0.15) is 66.2 Å². The van der Waals surface area contributed by atoms with Crippen molar-refractivity contribution in [3.8, 4) is 0 Å². The van der Waals surface area contributed by atoms with Gasteiger partial charge in [0.15, 0.2) is 0 Å². The van der Waals surface area contributed by atoms with Gasteiger partial charge in [-0.05, 0) is 40.8 Å². The monoisotopic (exact) mass is 343 g/mol. The summed E-state index contributed by atoms with van der Waals surface area (Å²) in [6.07, 6.45) is 5.37. The van der Waals surface area contributed by atoms with Crippen LogP contribution in [0.5, 0.6) is 0 Å². The van der Waals surface area contributed by atoms with E-state index in [1.54, 1.807) is 0 Å². The maximum Gasteiger partial charge on any atom is 0.310 e. The first-order valence-electron chi connectivity index (χ1n) is 9.44. The Morgan fingerprint density at radius 1 is 0.792 bits per heavy atom. The Labute approximate surface area is 148 Å². The summed E-state index contributed by atoms with van der Waals surface area (Å²) in [6.45, 7) is 8.57. The predicted octanol–water partition coefficient (Wildman–Crippen LogP) is 3.66. The number of ether oxygens (including phenoxy) is 2. The molecule has 0 spiro atoms. The predicted molar refractivity (Wildman–Crippen MR) is 96.8 cm³/mol. The van der Waals surface area contributed by atoms with Gasteiger partial charge in [0.05, 0.1) is 25.0 Å². The molecule has 0 aliphatic carbocycles. The molecule has 0 aromatic carbocycles. The SMILES string of the molecule is CCCCC(C(=O)OCC)C(C(CCCC)C(=O)OCC)N(C)C. The Bertz CT molecular complexity index is 327. The fraction of sp³-hybridized carbons (Fsp3) is 0.895. The van der Waals surface area contributed by atoms with E-state index in [0.29, 0.717) is 13.2 Å². The van der Waals surface area contributed by atoms with Gasteiger partial charge >= 0.3 is 11.9 Å². The van der Waals surface area contributed by atoms with Gasteiger partial charge in [-0.3, -0.25) is 9.59 Å². The summed E-state index contributed by atoms with van der Waals surface area (Å²) in [7, 11) is 3.86. The van der Waals surface area contributed by atoms with Gasteiger partial charge in [0.25, 0.3) is 0 Å². The van der Waals surface area contributed by atoms with E-state index in [1.165, 1.54) is 0 Å². The van der Waals surface area contributed by atoms with Crippen LogP contribution in [0.25, 0.3) is 0 Å². The van der Waals surface area contributed by atoms with Crippen molar-refractivity contribution in [1.29, 1.82) is 0 Å². The highest BCUT2D eigenvalue weighted by atomic mass is 16.5. The van der Waals surface area contributed by atoms with Crippen molar-refractivity contribution in [1.82, 2.24) is 4.90 Å². The molecule has 0 saturated carbocycles. The molecule has 0 heterocycles. The molecule has 0 bridgehead atoms. The van der Waals surface area contributed by atoms with Crippen molar-refractivity contribution in [2.45, 2.75) is 72.3 Å². The highest BCUT2D eigenvalue weighted by molar-refractivity contribution is 5.77. The summed E-state index contributed by atoms with van der Waals surface area (Å²) >= 11 is 0. The van der Waals surface area contributed by atoms with Crippen molar-refractivity contribution in [3.05, 3.63) is 0 Å². The lowest BCUT2D eigenvalue weighted by Gasteiger charge is -2.36. The number of unbranched alkanes of at least 4 members (excludes halogenated alkanes) is 2. The first-order valence-corrected chi connectivity index (χ1v) is 9.44. The molecule has 0 aliphatic heterocycles. The molecule has 0 saturated heterocycles. The van der Waals surface area contributed by atoms with Gasteiger partial charge in [0.1, 0.15) is 0 Å². The minimum atomic E-state index is -0.300. The molecular weight excluding hydrogens is 306 g/mol. The maximum atomic E-state index is 12.6. The molecule has 0 aromatic rings. The summed E-state index contributed by atoms with van der Waals surface area (Å²) in [5.74, 6) is -0.997. The lowest BCUT2D eigenvalue weighted by molar-refractivity contribution is -0.157. The zero-order valence-corrected chi connectivity index (χ0v) is 16.5. The number of carbonyl (C=O) groups is 2. The quantitative estimate of drug-likeness (QED) is 0.478. The third-order valence-corrected chi connectivity index (χ3v) is 4.34. The molecule has 5 nitrogen and oxygen atoms in total. The van der Waals surface area contributed by atoms with E-state index in [9.17, 15) is 9.59 Å². The Balaban J connectivity index is 5.55. The summed E-state index contributed by atoms with van der Waals surface area (Å²) in [5.41, 5.74) is 0. The molecule has 0 amide bonds. The fourth-order valence-electron chi connectivity index (χ4n) is 3.20. The van der Waals surface area contributed by atoms with E-state index in [1.807, 2.05) is 32.8 Å². The number of carbonyl (C=O) groups excluding carboxylic acids is 2. The summed E-state index contributed by atoms with van der Waals surface area (Å²) in [5, 5.41) is 0. The van der Waals surface area contributed by atoms with Gasteiger partial charge in [0.2, 0.25) is 0 Å². The third-order valence-electron chi connectivity index (χ3n) is 4.34. The second-order valence-electron chi connectivity index (χ2n) is 6.46.